The summed E-state index contributed by atoms with van der Waals surface area (Å²) in [5, 5.41) is 9.34. The highest BCUT2D eigenvalue weighted by atomic mass is 16.7. The van der Waals surface area contributed by atoms with Crippen LogP contribution >= 0.6 is 0 Å². The lowest BCUT2D eigenvalue weighted by atomic mass is 10.3. The summed E-state index contributed by atoms with van der Waals surface area (Å²) < 4.78 is 0. The number of nitrogens with zero attached hydrogens (tertiary/aromatic N) is 2. The van der Waals surface area contributed by atoms with Gasteiger partial charge < -0.3 is 9.94 Å². The number of imide groups is 2. The molecule has 9 nitrogen and oxygen atoms in total. The molecule has 0 aromatic rings. The second-order valence-electron chi connectivity index (χ2n) is 4.07. The van der Waals surface area contributed by atoms with Crippen molar-refractivity contribution < 1.29 is 33.9 Å². The van der Waals surface area contributed by atoms with Gasteiger partial charge in [-0.15, -0.1) is 0 Å². The van der Waals surface area contributed by atoms with Crippen LogP contribution in [0.3, 0.4) is 0 Å². The second-order valence-corrected chi connectivity index (χ2v) is 4.07. The lowest BCUT2D eigenvalue weighted by molar-refractivity contribution is -0.201. The molecule has 0 aliphatic carbocycles. The Morgan fingerprint density at radius 2 is 1.65 bits per heavy atom. The molecule has 2 heterocycles. The van der Waals surface area contributed by atoms with Gasteiger partial charge in [-0.3, -0.25) is 24.1 Å². The number of amides is 4. The summed E-state index contributed by atoms with van der Waals surface area (Å²) in [6, 6.07) is -1.57. The van der Waals surface area contributed by atoms with Crippen molar-refractivity contribution >= 4 is 29.6 Å². The monoisotopic (exact) mass is 282 g/mol. The van der Waals surface area contributed by atoms with Gasteiger partial charge in [0, 0.05) is 25.0 Å². The van der Waals surface area contributed by atoms with Crippen molar-refractivity contribution in [3.63, 3.8) is 0 Å². The van der Waals surface area contributed by atoms with Crippen molar-refractivity contribution in [3.05, 3.63) is 12.2 Å². The first-order chi connectivity index (χ1) is 9.45. The summed E-state index contributed by atoms with van der Waals surface area (Å²) in [5.74, 6) is -4.20. The zero-order valence-electron chi connectivity index (χ0n) is 10.1. The maximum atomic E-state index is 11.8. The molecule has 9 heteroatoms. The normalized spacial score (nSPS) is 20.1. The summed E-state index contributed by atoms with van der Waals surface area (Å²) >= 11 is 0. The van der Waals surface area contributed by atoms with E-state index in [1.807, 2.05) is 0 Å². The SMILES string of the molecule is O=C(ON1C(=O)C=CC1=O)[C@H](CO)N1C(=O)CCC1=O. The molecule has 1 N–H and O–H groups in total. The zero-order valence-corrected chi connectivity index (χ0v) is 10.1. The van der Waals surface area contributed by atoms with Gasteiger partial charge >= 0.3 is 5.97 Å². The van der Waals surface area contributed by atoms with E-state index in [1.165, 1.54) is 0 Å². The number of hydroxylamine groups is 2. The minimum Gasteiger partial charge on any atom is -0.394 e. The van der Waals surface area contributed by atoms with Gasteiger partial charge in [0.25, 0.3) is 11.8 Å². The Hall–Kier alpha value is -2.55. The van der Waals surface area contributed by atoms with Crippen molar-refractivity contribution in [1.82, 2.24) is 9.96 Å². The number of hydrogen-bond donors (Lipinski definition) is 1. The molecule has 2 aliphatic rings. The van der Waals surface area contributed by atoms with Gasteiger partial charge in [0.05, 0.1) is 6.61 Å². The minimum atomic E-state index is -1.57. The van der Waals surface area contributed by atoms with Crippen molar-refractivity contribution in [2.24, 2.45) is 0 Å². The van der Waals surface area contributed by atoms with Crippen molar-refractivity contribution in [1.29, 1.82) is 0 Å². The Bertz CT molecular complexity index is 505. The summed E-state index contributed by atoms with van der Waals surface area (Å²) in [6.07, 6.45) is 1.67. The van der Waals surface area contributed by atoms with Crippen molar-refractivity contribution in [2.75, 3.05) is 6.61 Å². The lowest BCUT2D eigenvalue weighted by Gasteiger charge is -2.23. The summed E-state index contributed by atoms with van der Waals surface area (Å²) in [6.45, 7) is -0.861. The number of hydrogen-bond acceptors (Lipinski definition) is 7. The van der Waals surface area contributed by atoms with Crippen LogP contribution in [0.5, 0.6) is 0 Å². The Morgan fingerprint density at radius 1 is 1.15 bits per heavy atom. The number of likely N-dealkylation sites (tertiary alicyclic amines) is 1. The van der Waals surface area contributed by atoms with Crippen LogP contribution in [0.4, 0.5) is 0 Å². The van der Waals surface area contributed by atoms with Gasteiger partial charge in [-0.25, -0.2) is 4.79 Å². The number of carbonyl (C=O) groups is 5. The number of carbonyl (C=O) groups excluding carboxylic acids is 5. The van der Waals surface area contributed by atoms with Gasteiger partial charge in [0.15, 0.2) is 6.04 Å². The fourth-order valence-electron chi connectivity index (χ4n) is 1.83. The molecule has 0 bridgehead atoms. The van der Waals surface area contributed by atoms with E-state index >= 15 is 0 Å². The zero-order chi connectivity index (χ0) is 14.9. The molecule has 20 heavy (non-hydrogen) atoms. The maximum Gasteiger partial charge on any atom is 0.358 e. The molecule has 2 rings (SSSR count). The van der Waals surface area contributed by atoms with Crippen molar-refractivity contribution in [3.8, 4) is 0 Å². The average molecular weight is 282 g/mol. The Balaban J connectivity index is 2.10. The summed E-state index contributed by atoms with van der Waals surface area (Å²) in [5.41, 5.74) is 0. The highest BCUT2D eigenvalue weighted by Crippen LogP contribution is 2.17. The quantitative estimate of drug-likeness (QED) is 0.585. The molecule has 1 atom stereocenters. The molecule has 4 amide bonds. The fourth-order valence-corrected chi connectivity index (χ4v) is 1.83. The standard InChI is InChI=1S/C11H10N2O7/c14-5-6(12-7(15)1-2-8(12)16)11(19)20-13-9(17)3-4-10(13)18/h3-4,6,14H,1-2,5H2/t6-/m0/s1. The molecule has 0 spiro atoms. The van der Waals surface area contributed by atoms with E-state index in [0.29, 0.717) is 4.90 Å². The first-order valence-corrected chi connectivity index (χ1v) is 5.69. The van der Waals surface area contributed by atoms with Crippen LogP contribution in [-0.4, -0.2) is 57.3 Å². The molecule has 1 saturated heterocycles. The number of aliphatic hydroxyl groups excluding tert-OH is 1. The van der Waals surface area contributed by atoms with Gasteiger partial charge in [-0.05, 0) is 0 Å². The van der Waals surface area contributed by atoms with E-state index in [9.17, 15) is 24.0 Å². The fraction of sp³-hybridized carbons (Fsp3) is 0.364. The average Bonchev–Trinajstić information content (AvgIpc) is 2.89. The van der Waals surface area contributed by atoms with E-state index in [4.69, 9.17) is 5.11 Å². The predicted octanol–water partition coefficient (Wildman–Crippen LogP) is -2.12. The summed E-state index contributed by atoms with van der Waals surface area (Å²) in [7, 11) is 0. The predicted molar refractivity (Wildman–Crippen MR) is 59.0 cm³/mol. The van der Waals surface area contributed by atoms with Gasteiger partial charge in [-0.2, -0.15) is 0 Å². The summed E-state index contributed by atoms with van der Waals surface area (Å²) in [4.78, 5) is 62.3. The third-order valence-corrected chi connectivity index (χ3v) is 2.80. The molecule has 0 aromatic carbocycles. The van der Waals surface area contributed by atoms with E-state index in [1.54, 1.807) is 0 Å². The molecule has 106 valence electrons. The second kappa shape index (κ2) is 5.21. The van der Waals surface area contributed by atoms with Crippen LogP contribution in [0.2, 0.25) is 0 Å². The van der Waals surface area contributed by atoms with Crippen LogP contribution in [0.1, 0.15) is 12.8 Å². The highest BCUT2D eigenvalue weighted by molar-refractivity contribution is 6.12. The lowest BCUT2D eigenvalue weighted by Crippen LogP contribution is -2.49. The molecule has 0 radical (unpaired) electrons. The number of aliphatic hydroxyl groups is 1. The van der Waals surface area contributed by atoms with E-state index < -0.39 is 42.2 Å². The minimum absolute atomic E-state index is 0.0637. The first-order valence-electron chi connectivity index (χ1n) is 5.69. The topological polar surface area (TPSA) is 121 Å². The van der Waals surface area contributed by atoms with E-state index in [-0.39, 0.29) is 17.9 Å². The van der Waals surface area contributed by atoms with E-state index in [0.717, 1.165) is 12.2 Å². The Kier molecular flexibility index (Phi) is 3.61. The van der Waals surface area contributed by atoms with Crippen LogP contribution in [-0.2, 0) is 28.8 Å². The molecular formula is C11H10N2O7. The molecule has 0 unspecified atom stereocenters. The van der Waals surface area contributed by atoms with Crippen molar-refractivity contribution in [2.45, 2.75) is 18.9 Å². The highest BCUT2D eigenvalue weighted by Gasteiger charge is 2.41. The smallest absolute Gasteiger partial charge is 0.358 e. The first kappa shape index (κ1) is 13.9. The molecule has 0 aromatic heterocycles. The van der Waals surface area contributed by atoms with Crippen LogP contribution in [0, 0.1) is 0 Å². The van der Waals surface area contributed by atoms with Crippen LogP contribution < -0.4 is 0 Å². The molecule has 0 saturated carbocycles. The molecule has 2 aliphatic heterocycles. The third kappa shape index (κ3) is 2.30. The molecule has 1 fully saturated rings. The Morgan fingerprint density at radius 3 is 2.10 bits per heavy atom. The molecular weight excluding hydrogens is 272 g/mol. The Labute approximate surface area is 112 Å². The van der Waals surface area contributed by atoms with Gasteiger partial charge in [-0.1, -0.05) is 5.06 Å². The largest absolute Gasteiger partial charge is 0.394 e. The van der Waals surface area contributed by atoms with Gasteiger partial charge in [0.2, 0.25) is 11.8 Å². The maximum absolute atomic E-state index is 11.8. The van der Waals surface area contributed by atoms with E-state index in [2.05, 4.69) is 4.84 Å². The van der Waals surface area contributed by atoms with Crippen LogP contribution in [0.25, 0.3) is 0 Å². The van der Waals surface area contributed by atoms with Crippen LogP contribution in [0.15, 0.2) is 12.2 Å². The number of rotatable bonds is 4. The van der Waals surface area contributed by atoms with Gasteiger partial charge in [0.1, 0.15) is 0 Å². The third-order valence-electron chi connectivity index (χ3n) is 2.80.